The lowest BCUT2D eigenvalue weighted by molar-refractivity contribution is -0.140. The molecule has 7 nitrogen and oxygen atoms in total. The summed E-state index contributed by atoms with van der Waals surface area (Å²) in [5.41, 5.74) is 6.72. The van der Waals surface area contributed by atoms with Gasteiger partial charge in [0.1, 0.15) is 11.6 Å². The van der Waals surface area contributed by atoms with Gasteiger partial charge in [0, 0.05) is 30.2 Å². The molecule has 2 aromatic carbocycles. The first kappa shape index (κ1) is 37.7. The number of hydrogen-bond acceptors (Lipinski definition) is 6. The quantitative estimate of drug-likeness (QED) is 0.0622. The second-order valence-electron chi connectivity index (χ2n) is 10.9. The van der Waals surface area contributed by atoms with Crippen LogP contribution < -0.4 is 5.56 Å². The Morgan fingerprint density at radius 1 is 1.00 bits per heavy atom. The van der Waals surface area contributed by atoms with Crippen LogP contribution in [0, 0.1) is 6.92 Å². The van der Waals surface area contributed by atoms with Crippen molar-refractivity contribution in [1.29, 1.82) is 0 Å². The third kappa shape index (κ3) is 10.5. The van der Waals surface area contributed by atoms with Crippen molar-refractivity contribution in [3.63, 3.8) is 0 Å². The average Bonchev–Trinajstić information content (AvgIpc) is 3.05. The van der Waals surface area contributed by atoms with Gasteiger partial charge in [-0.15, -0.1) is 0 Å². The molecule has 0 N–H and O–H groups in total. The van der Waals surface area contributed by atoms with Crippen LogP contribution in [0.3, 0.4) is 0 Å². The first-order valence-corrected chi connectivity index (χ1v) is 16.3. The molecule has 0 atom stereocenters. The number of carbonyl (C=O) groups is 1. The van der Waals surface area contributed by atoms with E-state index >= 15 is 0 Å². The molecule has 0 radical (unpaired) electrons. The van der Waals surface area contributed by atoms with Crippen molar-refractivity contribution in [2.24, 2.45) is 5.16 Å². The SMILES string of the molecule is CC.C\C=C(/C=C\C(=C/C)n1c(C)nc(CCCC)c(Cc2ccc(-c3ccccc3/C(C)=N/OC(C)=O)cc2)c1=O)OC(C)C. The van der Waals surface area contributed by atoms with Crippen LogP contribution in [0.1, 0.15) is 103 Å². The molecule has 1 heterocycles. The topological polar surface area (TPSA) is 82.8 Å². The van der Waals surface area contributed by atoms with Crippen molar-refractivity contribution in [2.45, 2.75) is 101 Å². The lowest BCUT2D eigenvalue weighted by atomic mass is 9.95. The minimum Gasteiger partial charge on any atom is -0.491 e. The molecule has 3 aromatic rings. The molecule has 0 unspecified atom stereocenters. The third-order valence-corrected chi connectivity index (χ3v) is 7.10. The number of hydrogen-bond donors (Lipinski definition) is 0. The first-order valence-electron chi connectivity index (χ1n) is 16.3. The van der Waals surface area contributed by atoms with Gasteiger partial charge in [-0.2, -0.15) is 0 Å². The molecule has 3 rings (SSSR count). The van der Waals surface area contributed by atoms with E-state index in [0.29, 0.717) is 23.5 Å². The number of unbranched alkanes of at least 4 members (excludes halogenated alkanes) is 1. The Balaban J connectivity index is 0.00000361. The lowest BCUT2D eigenvalue weighted by Gasteiger charge is -2.17. The maximum Gasteiger partial charge on any atom is 0.331 e. The van der Waals surface area contributed by atoms with E-state index in [0.717, 1.165) is 58.7 Å². The number of rotatable bonds is 13. The summed E-state index contributed by atoms with van der Waals surface area (Å²) in [6.45, 7) is 19.0. The largest absolute Gasteiger partial charge is 0.491 e. The maximum absolute atomic E-state index is 14.1. The minimum atomic E-state index is -0.464. The number of carbonyl (C=O) groups excluding carboxylic acids is 1. The highest BCUT2D eigenvalue weighted by atomic mass is 16.7. The smallest absolute Gasteiger partial charge is 0.331 e. The van der Waals surface area contributed by atoms with E-state index < -0.39 is 5.97 Å². The van der Waals surface area contributed by atoms with Gasteiger partial charge in [0.15, 0.2) is 0 Å². The van der Waals surface area contributed by atoms with Crippen molar-refractivity contribution < 1.29 is 14.4 Å². The van der Waals surface area contributed by atoms with Crippen molar-refractivity contribution in [3.05, 3.63) is 117 Å². The van der Waals surface area contributed by atoms with Crippen LogP contribution in [0.4, 0.5) is 0 Å². The standard InChI is InChI=1S/C37H45N3O4.C2H6/c1-9-12-17-36-35(37(42)40(27(7)38-36)31(10-2)22-23-32(11-3)43-25(4)5)24-29-18-20-30(21-19-29)34-16-14-13-15-33(34)26(6)39-44-28(8)41;1-2/h10-11,13-16,18-23,25H,9,12,17,24H2,1-8H3;1-2H3/b23-22-,31-10+,32-11+,39-26+;. The van der Waals surface area contributed by atoms with Crippen LogP contribution in [0.15, 0.2) is 88.5 Å². The first-order chi connectivity index (χ1) is 22.1. The number of ether oxygens (including phenoxy) is 1. The van der Waals surface area contributed by atoms with E-state index in [1.807, 2.05) is 116 Å². The number of aryl methyl sites for hydroxylation is 2. The summed E-state index contributed by atoms with van der Waals surface area (Å²) in [4.78, 5) is 35.2. The third-order valence-electron chi connectivity index (χ3n) is 7.10. The molecule has 0 aliphatic rings. The van der Waals surface area contributed by atoms with Crippen LogP contribution in [0.25, 0.3) is 16.8 Å². The van der Waals surface area contributed by atoms with Crippen molar-refractivity contribution in [3.8, 4) is 11.1 Å². The summed E-state index contributed by atoms with van der Waals surface area (Å²) in [7, 11) is 0. The van der Waals surface area contributed by atoms with E-state index in [4.69, 9.17) is 14.6 Å². The summed E-state index contributed by atoms with van der Waals surface area (Å²) in [5.74, 6) is 0.939. The fourth-order valence-corrected chi connectivity index (χ4v) is 4.93. The summed E-state index contributed by atoms with van der Waals surface area (Å²) in [5, 5.41) is 3.98. The molecule has 46 heavy (non-hydrogen) atoms. The highest BCUT2D eigenvalue weighted by Crippen LogP contribution is 2.26. The Labute approximate surface area is 275 Å². The lowest BCUT2D eigenvalue weighted by Crippen LogP contribution is -2.28. The molecule has 0 spiro atoms. The predicted molar refractivity (Wildman–Crippen MR) is 191 cm³/mol. The summed E-state index contributed by atoms with van der Waals surface area (Å²) >= 11 is 0. The highest BCUT2D eigenvalue weighted by Gasteiger charge is 2.17. The van der Waals surface area contributed by atoms with Gasteiger partial charge in [-0.1, -0.05) is 87.0 Å². The molecule has 0 amide bonds. The second-order valence-corrected chi connectivity index (χ2v) is 10.9. The molecular weight excluding hydrogens is 574 g/mol. The summed E-state index contributed by atoms with van der Waals surface area (Å²) < 4.78 is 7.55. The van der Waals surface area contributed by atoms with Gasteiger partial charge >= 0.3 is 5.97 Å². The van der Waals surface area contributed by atoms with E-state index in [-0.39, 0.29) is 11.7 Å². The van der Waals surface area contributed by atoms with Gasteiger partial charge in [-0.3, -0.25) is 9.36 Å². The Morgan fingerprint density at radius 2 is 1.67 bits per heavy atom. The van der Waals surface area contributed by atoms with Crippen LogP contribution in [-0.4, -0.2) is 27.3 Å². The van der Waals surface area contributed by atoms with Crippen LogP contribution in [0.5, 0.6) is 0 Å². The highest BCUT2D eigenvalue weighted by molar-refractivity contribution is 6.04. The zero-order valence-electron chi connectivity index (χ0n) is 29.3. The molecule has 0 aliphatic carbocycles. The van der Waals surface area contributed by atoms with E-state index in [2.05, 4.69) is 24.2 Å². The average molecular weight is 626 g/mol. The Bertz CT molecular complexity index is 1620. The van der Waals surface area contributed by atoms with Gasteiger partial charge in [0.2, 0.25) is 0 Å². The van der Waals surface area contributed by atoms with Gasteiger partial charge in [0.25, 0.3) is 5.56 Å². The van der Waals surface area contributed by atoms with E-state index in [1.54, 1.807) is 4.57 Å². The normalized spacial score (nSPS) is 12.3. The number of allylic oxidation sites excluding steroid dienone is 5. The molecule has 246 valence electrons. The van der Waals surface area contributed by atoms with Gasteiger partial charge in [-0.05, 0) is 89.3 Å². The van der Waals surface area contributed by atoms with Gasteiger partial charge in [0.05, 0.1) is 17.5 Å². The zero-order valence-corrected chi connectivity index (χ0v) is 29.3. The van der Waals surface area contributed by atoms with Gasteiger partial charge in [-0.25, -0.2) is 9.78 Å². The molecule has 0 aliphatic heterocycles. The Hall–Kier alpha value is -4.52. The predicted octanol–water partition coefficient (Wildman–Crippen LogP) is 9.21. The number of benzene rings is 2. The minimum absolute atomic E-state index is 0.0493. The van der Waals surface area contributed by atoms with Crippen molar-refractivity contribution in [2.75, 3.05) is 0 Å². The maximum atomic E-state index is 14.1. The van der Waals surface area contributed by atoms with E-state index in [1.165, 1.54) is 6.92 Å². The summed E-state index contributed by atoms with van der Waals surface area (Å²) in [6.07, 6.45) is 10.9. The van der Waals surface area contributed by atoms with Crippen LogP contribution in [-0.2, 0) is 27.2 Å². The van der Waals surface area contributed by atoms with Crippen LogP contribution in [0.2, 0.25) is 0 Å². The molecule has 0 saturated carbocycles. The molecular formula is C39H51N3O4. The Kier molecular flexibility index (Phi) is 15.6. The van der Waals surface area contributed by atoms with E-state index in [9.17, 15) is 9.59 Å². The molecule has 0 fully saturated rings. The van der Waals surface area contributed by atoms with Crippen LogP contribution >= 0.6 is 0 Å². The fourth-order valence-electron chi connectivity index (χ4n) is 4.93. The number of nitrogens with zero attached hydrogens (tertiary/aromatic N) is 3. The summed E-state index contributed by atoms with van der Waals surface area (Å²) in [6, 6.07) is 16.1. The van der Waals surface area contributed by atoms with Crippen molar-refractivity contribution >= 4 is 17.4 Å². The van der Waals surface area contributed by atoms with Crippen molar-refractivity contribution in [1.82, 2.24) is 9.55 Å². The molecule has 0 bridgehead atoms. The molecule has 7 heteroatoms. The van der Waals surface area contributed by atoms with Gasteiger partial charge < -0.3 is 9.57 Å². The molecule has 1 aromatic heterocycles. The Morgan fingerprint density at radius 3 is 2.26 bits per heavy atom. The fraction of sp³-hybridized carbons (Fsp3) is 0.385. The monoisotopic (exact) mass is 625 g/mol. The second kappa shape index (κ2) is 19.1. The molecule has 0 saturated heterocycles. The number of oxime groups is 1. The number of aromatic nitrogens is 2. The zero-order chi connectivity index (χ0) is 34.2.